The van der Waals surface area contributed by atoms with E-state index in [1.165, 1.54) is 35.1 Å². The predicted octanol–water partition coefficient (Wildman–Crippen LogP) is 3.25. The molecule has 0 saturated carbocycles. The van der Waals surface area contributed by atoms with Crippen molar-refractivity contribution in [3.63, 3.8) is 0 Å². The molecule has 0 aromatic heterocycles. The third-order valence-corrected chi connectivity index (χ3v) is 6.04. The van der Waals surface area contributed by atoms with Gasteiger partial charge in [0, 0.05) is 44.0 Å². The molecule has 0 bridgehead atoms. The highest BCUT2D eigenvalue weighted by atomic mass is 16.5. The average Bonchev–Trinajstić information content (AvgIpc) is 3.17. The van der Waals surface area contributed by atoms with Crippen LogP contribution in [0.25, 0.3) is 0 Å². The summed E-state index contributed by atoms with van der Waals surface area (Å²) in [5.74, 6) is 1.03. The first-order valence-corrected chi connectivity index (χ1v) is 10.6. The third kappa shape index (κ3) is 4.98. The Kier molecular flexibility index (Phi) is 6.16. The van der Waals surface area contributed by atoms with Gasteiger partial charge in [-0.05, 0) is 55.5 Å². The zero-order valence-electron chi connectivity index (χ0n) is 17.5. The maximum atomic E-state index is 12.5. The molecule has 1 N–H and O–H groups in total. The Morgan fingerprint density at radius 1 is 1.00 bits per heavy atom. The second kappa shape index (κ2) is 8.97. The number of carbonyl (C=O) groups is 1. The van der Waals surface area contributed by atoms with Crippen LogP contribution in [0.4, 0.5) is 5.69 Å². The van der Waals surface area contributed by atoms with Crippen LogP contribution < -0.4 is 10.1 Å². The monoisotopic (exact) mass is 393 g/mol. The molecule has 1 amide bonds. The van der Waals surface area contributed by atoms with Crippen molar-refractivity contribution in [1.29, 1.82) is 0 Å². The smallest absolute Gasteiger partial charge is 0.238 e. The first-order chi connectivity index (χ1) is 14.1. The van der Waals surface area contributed by atoms with Crippen molar-refractivity contribution < 1.29 is 9.53 Å². The fraction of sp³-hybridized carbons (Fsp3) is 0.458. The minimum Gasteiger partial charge on any atom is -0.496 e. The molecule has 1 fully saturated rings. The third-order valence-electron chi connectivity index (χ3n) is 6.04. The van der Waals surface area contributed by atoms with Gasteiger partial charge in [0.2, 0.25) is 5.91 Å². The molecule has 1 heterocycles. The lowest BCUT2D eigenvalue weighted by atomic mass is 10.1. The van der Waals surface area contributed by atoms with Gasteiger partial charge in [-0.1, -0.05) is 23.8 Å². The van der Waals surface area contributed by atoms with E-state index in [0.717, 1.165) is 50.6 Å². The number of amides is 1. The van der Waals surface area contributed by atoms with Crippen molar-refractivity contribution in [1.82, 2.24) is 9.80 Å². The maximum absolute atomic E-state index is 12.5. The summed E-state index contributed by atoms with van der Waals surface area (Å²) in [6.45, 7) is 7.20. The molecular formula is C24H31N3O2. The molecule has 2 aromatic carbocycles. The van der Waals surface area contributed by atoms with Gasteiger partial charge in [0.1, 0.15) is 5.75 Å². The van der Waals surface area contributed by atoms with E-state index >= 15 is 0 Å². The fourth-order valence-electron chi connectivity index (χ4n) is 4.43. The lowest BCUT2D eigenvalue weighted by molar-refractivity contribution is -0.117. The molecule has 0 radical (unpaired) electrons. The zero-order valence-corrected chi connectivity index (χ0v) is 17.5. The Labute approximate surface area is 173 Å². The molecule has 5 heteroatoms. The second-order valence-electron chi connectivity index (χ2n) is 8.25. The van der Waals surface area contributed by atoms with Crippen molar-refractivity contribution in [3.8, 4) is 5.75 Å². The molecule has 2 aromatic rings. The summed E-state index contributed by atoms with van der Waals surface area (Å²) in [6.07, 6.45) is 3.53. The Balaban J connectivity index is 1.25. The summed E-state index contributed by atoms with van der Waals surface area (Å²) in [4.78, 5) is 17.2. The van der Waals surface area contributed by atoms with Crippen molar-refractivity contribution in [3.05, 3.63) is 58.7 Å². The van der Waals surface area contributed by atoms with Crippen LogP contribution in [0, 0.1) is 6.92 Å². The van der Waals surface area contributed by atoms with E-state index < -0.39 is 0 Å². The van der Waals surface area contributed by atoms with Gasteiger partial charge in [0.25, 0.3) is 0 Å². The topological polar surface area (TPSA) is 44.8 Å². The van der Waals surface area contributed by atoms with Crippen molar-refractivity contribution in [2.45, 2.75) is 32.7 Å². The maximum Gasteiger partial charge on any atom is 0.238 e. The van der Waals surface area contributed by atoms with E-state index in [4.69, 9.17) is 4.74 Å². The summed E-state index contributed by atoms with van der Waals surface area (Å²) < 4.78 is 5.51. The number of rotatable bonds is 6. The van der Waals surface area contributed by atoms with Crippen LogP contribution in [0.15, 0.2) is 36.4 Å². The number of piperazine rings is 1. The van der Waals surface area contributed by atoms with E-state index in [1.807, 2.05) is 12.1 Å². The van der Waals surface area contributed by atoms with E-state index in [-0.39, 0.29) is 5.91 Å². The minimum atomic E-state index is 0.0803. The Morgan fingerprint density at radius 3 is 2.55 bits per heavy atom. The molecule has 154 valence electrons. The molecule has 1 saturated heterocycles. The minimum absolute atomic E-state index is 0.0803. The van der Waals surface area contributed by atoms with E-state index in [9.17, 15) is 4.79 Å². The van der Waals surface area contributed by atoms with Crippen LogP contribution in [-0.4, -0.2) is 55.5 Å². The number of hydrogen-bond donors (Lipinski definition) is 1. The largest absolute Gasteiger partial charge is 0.496 e. The number of carbonyl (C=O) groups excluding carboxylic acids is 1. The number of anilines is 1. The van der Waals surface area contributed by atoms with Crippen LogP contribution >= 0.6 is 0 Å². The van der Waals surface area contributed by atoms with Gasteiger partial charge in [-0.25, -0.2) is 0 Å². The Bertz CT molecular complexity index is 872. The number of nitrogens with one attached hydrogen (secondary N) is 1. The Hall–Kier alpha value is -2.37. The van der Waals surface area contributed by atoms with E-state index in [0.29, 0.717) is 6.54 Å². The summed E-state index contributed by atoms with van der Waals surface area (Å²) in [5, 5.41) is 3.08. The predicted molar refractivity (Wildman–Crippen MR) is 117 cm³/mol. The number of aryl methyl sites for hydroxylation is 3. The van der Waals surface area contributed by atoms with Gasteiger partial charge in [-0.2, -0.15) is 0 Å². The number of hydrogen-bond acceptors (Lipinski definition) is 4. The molecule has 0 unspecified atom stereocenters. The highest BCUT2D eigenvalue weighted by molar-refractivity contribution is 5.92. The lowest BCUT2D eigenvalue weighted by Crippen LogP contribution is -2.48. The van der Waals surface area contributed by atoms with Gasteiger partial charge in [0.05, 0.1) is 13.7 Å². The molecule has 4 rings (SSSR count). The van der Waals surface area contributed by atoms with Crippen LogP contribution in [0.5, 0.6) is 5.75 Å². The van der Waals surface area contributed by atoms with Gasteiger partial charge in [-0.15, -0.1) is 0 Å². The summed E-state index contributed by atoms with van der Waals surface area (Å²) in [6, 6.07) is 12.7. The van der Waals surface area contributed by atoms with Gasteiger partial charge in [0.15, 0.2) is 0 Å². The second-order valence-corrected chi connectivity index (χ2v) is 8.25. The van der Waals surface area contributed by atoms with Crippen LogP contribution in [0.1, 0.15) is 28.7 Å². The number of ether oxygens (including phenoxy) is 1. The van der Waals surface area contributed by atoms with Gasteiger partial charge in [-0.3, -0.25) is 14.6 Å². The van der Waals surface area contributed by atoms with Crippen LogP contribution in [-0.2, 0) is 24.2 Å². The number of nitrogens with zero attached hydrogens (tertiary/aromatic N) is 2. The number of methoxy groups -OCH3 is 1. The van der Waals surface area contributed by atoms with E-state index in [1.54, 1.807) is 7.11 Å². The van der Waals surface area contributed by atoms with Gasteiger partial charge >= 0.3 is 0 Å². The number of benzene rings is 2. The van der Waals surface area contributed by atoms with Crippen LogP contribution in [0.3, 0.4) is 0 Å². The molecule has 5 nitrogen and oxygen atoms in total. The molecule has 1 aliphatic heterocycles. The van der Waals surface area contributed by atoms with E-state index in [2.05, 4.69) is 46.3 Å². The lowest BCUT2D eigenvalue weighted by Gasteiger charge is -2.34. The molecular weight excluding hydrogens is 362 g/mol. The fourth-order valence-corrected chi connectivity index (χ4v) is 4.43. The summed E-state index contributed by atoms with van der Waals surface area (Å²) in [5.41, 5.74) is 6.24. The highest BCUT2D eigenvalue weighted by Crippen LogP contribution is 2.25. The molecule has 29 heavy (non-hydrogen) atoms. The molecule has 1 aliphatic carbocycles. The van der Waals surface area contributed by atoms with Gasteiger partial charge < -0.3 is 10.1 Å². The molecule has 0 atom stereocenters. The average molecular weight is 394 g/mol. The molecule has 0 spiro atoms. The molecule has 2 aliphatic rings. The quantitative estimate of drug-likeness (QED) is 0.818. The van der Waals surface area contributed by atoms with Crippen LogP contribution in [0.2, 0.25) is 0 Å². The summed E-state index contributed by atoms with van der Waals surface area (Å²) >= 11 is 0. The first-order valence-electron chi connectivity index (χ1n) is 10.6. The van der Waals surface area contributed by atoms with Crippen molar-refractivity contribution >= 4 is 11.6 Å². The first kappa shape index (κ1) is 19.9. The number of fused-ring (bicyclic) bond motifs is 1. The van der Waals surface area contributed by atoms with Crippen molar-refractivity contribution in [2.24, 2.45) is 0 Å². The standard InChI is InChI=1S/C24H31N3O2/c1-18-6-9-23(29-2)21(14-18)16-26-10-12-27(13-11-26)17-24(28)25-22-8-7-19-4-3-5-20(19)15-22/h6-9,14-15H,3-5,10-13,16-17H2,1-2H3,(H,25,28). The zero-order chi connectivity index (χ0) is 20.2. The summed E-state index contributed by atoms with van der Waals surface area (Å²) in [7, 11) is 1.73. The Morgan fingerprint density at radius 2 is 1.76 bits per heavy atom. The highest BCUT2D eigenvalue weighted by Gasteiger charge is 2.20. The normalized spacial score (nSPS) is 17.2. The SMILES string of the molecule is COc1ccc(C)cc1CN1CCN(CC(=O)Nc2ccc3c(c2)CCC3)CC1. The van der Waals surface area contributed by atoms with Crippen molar-refractivity contribution in [2.75, 3.05) is 45.2 Å².